The Balaban J connectivity index is 0.000000104. The SMILES string of the molecule is Cc1ccc(-c2ccc3ccc4c(-c5nc6cc(C)ccc6o5)ccc5ccc2c3c54)cc1.Cc1ccc(-c2ccc3ccc4c(-c5nc6ccc(C)cc6o5)ccc5ccc2c3c54)cc1.c1ccc2oc(-c3ccc4ccc5c(-c6ccc7ccc8c(-c9nc%10ccccc%10o9)ccc9ccc6c7c98)ccc6ccc3c4c65)nc2c1. The predicted octanol–water partition coefficient (Wildman–Crippen LogP) is 30.1. The van der Waals surface area contributed by atoms with Crippen molar-refractivity contribution in [1.82, 2.24) is 19.9 Å². The molecular weight excluding hydrogens is 1420 g/mol. The molecular formula is C108H66N4O4. The molecule has 0 aliphatic heterocycles. The lowest BCUT2D eigenvalue weighted by Crippen LogP contribution is -1.92. The van der Waals surface area contributed by atoms with Crippen LogP contribution in [0.5, 0.6) is 0 Å². The topological polar surface area (TPSA) is 104 Å². The van der Waals surface area contributed by atoms with Crippen LogP contribution < -0.4 is 0 Å². The number of oxazole rings is 4. The second-order valence-corrected chi connectivity index (χ2v) is 31.3. The van der Waals surface area contributed by atoms with Gasteiger partial charge in [-0.2, -0.15) is 0 Å². The summed E-state index contributed by atoms with van der Waals surface area (Å²) in [4.78, 5) is 19.4. The minimum Gasteiger partial charge on any atom is -0.436 e. The number of aromatic nitrogens is 4. The molecule has 116 heavy (non-hydrogen) atoms. The van der Waals surface area contributed by atoms with E-state index in [1.807, 2.05) is 60.7 Å². The number of fused-ring (bicyclic) bond motifs is 4. The minimum atomic E-state index is 0.647. The van der Waals surface area contributed by atoms with Crippen LogP contribution in [0.3, 0.4) is 0 Å². The average Bonchev–Trinajstić information content (AvgIpc) is 0.907. The van der Waals surface area contributed by atoms with Gasteiger partial charge in [-0.3, -0.25) is 0 Å². The molecule has 8 heteroatoms. The van der Waals surface area contributed by atoms with Gasteiger partial charge in [0.1, 0.15) is 22.1 Å². The molecule has 4 aromatic heterocycles. The molecule has 542 valence electrons. The van der Waals surface area contributed by atoms with Crippen molar-refractivity contribution < 1.29 is 17.7 Å². The molecule has 0 N–H and O–H groups in total. The van der Waals surface area contributed by atoms with Crippen molar-refractivity contribution in [2.75, 3.05) is 0 Å². The highest BCUT2D eigenvalue weighted by molar-refractivity contribution is 6.33. The van der Waals surface area contributed by atoms with Gasteiger partial charge in [0.2, 0.25) is 23.6 Å². The van der Waals surface area contributed by atoms with E-state index in [1.165, 1.54) is 174 Å². The van der Waals surface area contributed by atoms with Crippen molar-refractivity contribution in [3.8, 4) is 79.2 Å². The summed E-state index contributed by atoms with van der Waals surface area (Å²) in [6, 6.07) is 117. The zero-order valence-electron chi connectivity index (χ0n) is 63.6. The van der Waals surface area contributed by atoms with E-state index in [9.17, 15) is 0 Å². The van der Waals surface area contributed by atoms with Gasteiger partial charge < -0.3 is 17.7 Å². The Morgan fingerprint density at radius 1 is 0.172 bits per heavy atom. The molecule has 0 bridgehead atoms. The van der Waals surface area contributed by atoms with Crippen molar-refractivity contribution in [3.63, 3.8) is 0 Å². The van der Waals surface area contributed by atoms with Crippen molar-refractivity contribution in [1.29, 1.82) is 0 Å². The van der Waals surface area contributed by atoms with Gasteiger partial charge in [-0.1, -0.05) is 266 Å². The van der Waals surface area contributed by atoms with Crippen molar-refractivity contribution in [2.24, 2.45) is 0 Å². The molecule has 0 aliphatic carbocycles. The summed E-state index contributed by atoms with van der Waals surface area (Å²) >= 11 is 0. The zero-order chi connectivity index (χ0) is 76.7. The highest BCUT2D eigenvalue weighted by Gasteiger charge is 2.25. The number of nitrogens with zero attached hydrogens (tertiary/aromatic N) is 4. The molecule has 0 unspecified atom stereocenters. The standard InChI is InChI=1S/C46H24N2O2.2C31H21NO/c1-3-7-39-37(5-1)47-45(49-39)35-23-15-27-11-19-31-29(17-9-25-13-21-33(35)43(27)41(25)31)30-18-10-26-14-22-34-36(46-48-38-6-2-4-8-40(38)50-46)24-16-28-12-20-32(30)42(26)44(28)34;1-18-3-6-20(7-4-18)23-12-8-21-10-14-25-26(15-11-22-9-13-24(23)29(21)30(22)25)31-32-27-17-19(2)5-16-28(27)33-31;1-18-3-6-20(7-4-18)23-12-8-21-10-14-25-26(15-11-22-9-13-24(23)29(21)30(22)25)31-32-27-16-5-19(2)17-28(27)33-31/h1-24H;2*3-17H,1-2H3. The molecule has 0 saturated carbocycles. The van der Waals surface area contributed by atoms with Crippen molar-refractivity contribution >= 4 is 174 Å². The average molecular weight is 1480 g/mol. The molecule has 0 amide bonds. The second kappa shape index (κ2) is 25.2. The van der Waals surface area contributed by atoms with Gasteiger partial charge in [0.05, 0.1) is 0 Å². The fraction of sp³-hybridized carbons (Fsp3) is 0.0370. The molecule has 4 heterocycles. The number of benzene rings is 22. The van der Waals surface area contributed by atoms with Crippen LogP contribution in [0.2, 0.25) is 0 Å². The highest BCUT2D eigenvalue weighted by Crippen LogP contribution is 2.50. The Bertz CT molecular complexity index is 7950. The van der Waals surface area contributed by atoms with Crippen LogP contribution in [0.25, 0.3) is 253 Å². The monoisotopic (exact) mass is 1480 g/mol. The first-order chi connectivity index (χ1) is 57.1. The summed E-state index contributed by atoms with van der Waals surface area (Å²) < 4.78 is 25.0. The molecule has 0 aliphatic rings. The lowest BCUT2D eigenvalue weighted by Gasteiger charge is -2.18. The van der Waals surface area contributed by atoms with Crippen LogP contribution in [0.15, 0.2) is 345 Å². The Morgan fingerprint density at radius 2 is 0.414 bits per heavy atom. The summed E-state index contributed by atoms with van der Waals surface area (Å²) in [5.74, 6) is 2.64. The Hall–Kier alpha value is -15.1. The number of aryl methyl sites for hydroxylation is 4. The maximum Gasteiger partial charge on any atom is 0.227 e. The molecule has 0 saturated heterocycles. The van der Waals surface area contributed by atoms with E-state index in [0.29, 0.717) is 23.6 Å². The lowest BCUT2D eigenvalue weighted by molar-refractivity contribution is 0.620. The zero-order valence-corrected chi connectivity index (χ0v) is 63.6. The smallest absolute Gasteiger partial charge is 0.227 e. The van der Waals surface area contributed by atoms with Gasteiger partial charge in [-0.25, -0.2) is 19.9 Å². The van der Waals surface area contributed by atoms with E-state index >= 15 is 0 Å². The fourth-order valence-corrected chi connectivity index (χ4v) is 18.7. The van der Waals surface area contributed by atoms with E-state index in [-0.39, 0.29) is 0 Å². The molecule has 0 radical (unpaired) electrons. The van der Waals surface area contributed by atoms with Crippen LogP contribution in [-0.2, 0) is 0 Å². The van der Waals surface area contributed by atoms with E-state index in [2.05, 4.69) is 295 Å². The van der Waals surface area contributed by atoms with E-state index < -0.39 is 0 Å². The van der Waals surface area contributed by atoms with Gasteiger partial charge in [0.15, 0.2) is 22.3 Å². The first-order valence-corrected chi connectivity index (χ1v) is 39.5. The maximum absolute atomic E-state index is 6.27. The molecule has 22 aromatic carbocycles. The van der Waals surface area contributed by atoms with Crippen LogP contribution in [0.4, 0.5) is 0 Å². The summed E-state index contributed by atoms with van der Waals surface area (Å²) in [5.41, 5.74) is 23.2. The summed E-state index contributed by atoms with van der Waals surface area (Å²) in [6.07, 6.45) is 0. The molecule has 26 aromatic rings. The summed E-state index contributed by atoms with van der Waals surface area (Å²) in [7, 11) is 0. The lowest BCUT2D eigenvalue weighted by atomic mass is 9.85. The maximum atomic E-state index is 6.27. The molecule has 0 spiro atoms. The Morgan fingerprint density at radius 3 is 0.759 bits per heavy atom. The predicted molar refractivity (Wildman–Crippen MR) is 481 cm³/mol. The van der Waals surface area contributed by atoms with Crippen LogP contribution in [0, 0.1) is 27.7 Å². The normalized spacial score (nSPS) is 12.1. The Kier molecular flexibility index (Phi) is 14.2. The van der Waals surface area contributed by atoms with Gasteiger partial charge in [0, 0.05) is 22.3 Å². The summed E-state index contributed by atoms with van der Waals surface area (Å²) in [5, 5.41) is 29.6. The number of rotatable bonds is 7. The van der Waals surface area contributed by atoms with Crippen LogP contribution in [-0.4, -0.2) is 19.9 Å². The van der Waals surface area contributed by atoms with Gasteiger partial charge in [0.25, 0.3) is 0 Å². The highest BCUT2D eigenvalue weighted by atomic mass is 16.4. The first-order valence-electron chi connectivity index (χ1n) is 39.5. The third-order valence-corrected chi connectivity index (χ3v) is 24.3. The van der Waals surface area contributed by atoms with Gasteiger partial charge in [-0.15, -0.1) is 0 Å². The fourth-order valence-electron chi connectivity index (χ4n) is 18.7. The van der Waals surface area contributed by atoms with Gasteiger partial charge >= 0.3 is 0 Å². The minimum absolute atomic E-state index is 0.647. The van der Waals surface area contributed by atoms with Crippen LogP contribution >= 0.6 is 0 Å². The van der Waals surface area contributed by atoms with Crippen molar-refractivity contribution in [2.45, 2.75) is 27.7 Å². The molecule has 8 nitrogen and oxygen atoms in total. The number of hydrogen-bond acceptors (Lipinski definition) is 8. The quantitative estimate of drug-likeness (QED) is 0.145. The second-order valence-electron chi connectivity index (χ2n) is 31.3. The largest absolute Gasteiger partial charge is 0.436 e. The third kappa shape index (κ3) is 10.2. The third-order valence-electron chi connectivity index (χ3n) is 24.3. The molecule has 0 atom stereocenters. The summed E-state index contributed by atoms with van der Waals surface area (Å²) in [6.45, 7) is 8.41. The van der Waals surface area contributed by atoms with E-state index in [4.69, 9.17) is 37.6 Å². The number of para-hydroxylation sites is 4. The Labute approximate surface area is 663 Å². The van der Waals surface area contributed by atoms with E-state index in [1.54, 1.807) is 0 Å². The van der Waals surface area contributed by atoms with Gasteiger partial charge in [-0.05, 0) is 274 Å². The molecule has 0 fully saturated rings. The molecule has 26 rings (SSSR count). The number of hydrogen-bond donors (Lipinski definition) is 0. The van der Waals surface area contributed by atoms with Crippen molar-refractivity contribution in [3.05, 3.63) is 350 Å². The van der Waals surface area contributed by atoms with E-state index in [0.717, 1.165) is 77.4 Å². The first kappa shape index (κ1) is 65.6. The van der Waals surface area contributed by atoms with Crippen LogP contribution in [0.1, 0.15) is 22.3 Å².